The Morgan fingerprint density at radius 1 is 0.812 bits per heavy atom. The smallest absolute Gasteiger partial charge is 0.242 e. The molecule has 0 heterocycles. The number of benzene rings is 2. The molecule has 0 bridgehead atoms. The van der Waals surface area contributed by atoms with Crippen molar-refractivity contribution in [2.75, 3.05) is 18.5 Å². The summed E-state index contributed by atoms with van der Waals surface area (Å²) < 4.78 is 11.0. The standard InChI is InChI=1S/C22H25Cl2N3O5/c1-3-31-18-8-5-14(11-19(18)32-4-2)12-22(30)27-26-21(29)10-9-20(28)25-17-7-6-15(23)13-16(17)24/h5-8,11,13H,3-4,9-10,12H2,1-2H3,(H,25,28)(H,26,29)(H,27,30). The number of rotatable bonds is 10. The first-order valence-electron chi connectivity index (χ1n) is 10.0. The molecule has 2 rings (SSSR count). The number of nitrogens with one attached hydrogen (secondary N) is 3. The lowest BCUT2D eigenvalue weighted by Gasteiger charge is -2.12. The molecule has 3 amide bonds. The molecular weight excluding hydrogens is 457 g/mol. The Balaban J connectivity index is 1.77. The van der Waals surface area contributed by atoms with E-state index in [0.29, 0.717) is 46.0 Å². The Labute approximate surface area is 196 Å². The number of halogens is 2. The van der Waals surface area contributed by atoms with Crippen molar-refractivity contribution in [2.45, 2.75) is 33.1 Å². The number of amides is 3. The molecule has 0 aliphatic heterocycles. The molecular formula is C22H25Cl2N3O5. The van der Waals surface area contributed by atoms with Crippen LogP contribution in [0.1, 0.15) is 32.3 Å². The van der Waals surface area contributed by atoms with E-state index >= 15 is 0 Å². The minimum atomic E-state index is -0.502. The van der Waals surface area contributed by atoms with Gasteiger partial charge in [0.15, 0.2) is 11.5 Å². The zero-order valence-corrected chi connectivity index (χ0v) is 19.3. The lowest BCUT2D eigenvalue weighted by atomic mass is 10.1. The van der Waals surface area contributed by atoms with Crippen LogP contribution < -0.4 is 25.6 Å². The summed E-state index contributed by atoms with van der Waals surface area (Å²) in [5, 5.41) is 3.34. The van der Waals surface area contributed by atoms with Gasteiger partial charge in [0.25, 0.3) is 0 Å². The van der Waals surface area contributed by atoms with Gasteiger partial charge in [-0.1, -0.05) is 29.3 Å². The van der Waals surface area contributed by atoms with Crippen LogP contribution in [0, 0.1) is 0 Å². The first-order chi connectivity index (χ1) is 15.3. The van der Waals surface area contributed by atoms with Crippen molar-refractivity contribution in [3.63, 3.8) is 0 Å². The number of hydrogen-bond acceptors (Lipinski definition) is 5. The average molecular weight is 482 g/mol. The van der Waals surface area contributed by atoms with Gasteiger partial charge in [0.1, 0.15) is 0 Å². The summed E-state index contributed by atoms with van der Waals surface area (Å²) in [5.74, 6) is -0.159. The molecule has 172 valence electrons. The zero-order valence-electron chi connectivity index (χ0n) is 17.8. The molecule has 0 aromatic heterocycles. The molecule has 0 saturated carbocycles. The molecule has 0 spiro atoms. The quantitative estimate of drug-likeness (QED) is 0.446. The van der Waals surface area contributed by atoms with Crippen molar-refractivity contribution < 1.29 is 23.9 Å². The molecule has 0 aliphatic carbocycles. The highest BCUT2D eigenvalue weighted by Gasteiger charge is 2.12. The van der Waals surface area contributed by atoms with Crippen LogP contribution in [-0.2, 0) is 20.8 Å². The van der Waals surface area contributed by atoms with Gasteiger partial charge in [0.2, 0.25) is 17.7 Å². The first kappa shape index (κ1) is 25.3. The Morgan fingerprint density at radius 3 is 2.16 bits per heavy atom. The number of carbonyl (C=O) groups is 3. The second-order valence-electron chi connectivity index (χ2n) is 6.59. The number of ether oxygens (including phenoxy) is 2. The van der Waals surface area contributed by atoms with E-state index < -0.39 is 17.7 Å². The molecule has 3 N–H and O–H groups in total. The topological polar surface area (TPSA) is 106 Å². The minimum absolute atomic E-state index is 0.0301. The number of hydrazine groups is 1. The second-order valence-corrected chi connectivity index (χ2v) is 7.44. The summed E-state index contributed by atoms with van der Waals surface area (Å²) in [5.41, 5.74) is 5.72. The van der Waals surface area contributed by atoms with Gasteiger partial charge in [0, 0.05) is 17.9 Å². The van der Waals surface area contributed by atoms with Gasteiger partial charge in [-0.15, -0.1) is 0 Å². The van der Waals surface area contributed by atoms with Crippen LogP contribution in [0.2, 0.25) is 10.0 Å². The molecule has 0 fully saturated rings. The van der Waals surface area contributed by atoms with Gasteiger partial charge in [-0.2, -0.15) is 0 Å². The van der Waals surface area contributed by atoms with Crippen LogP contribution >= 0.6 is 23.2 Å². The van der Waals surface area contributed by atoms with Crippen molar-refractivity contribution in [3.05, 3.63) is 52.0 Å². The Bertz CT molecular complexity index is 969. The van der Waals surface area contributed by atoms with E-state index in [-0.39, 0.29) is 19.3 Å². The van der Waals surface area contributed by atoms with E-state index in [0.717, 1.165) is 0 Å². The lowest BCUT2D eigenvalue weighted by molar-refractivity contribution is -0.129. The van der Waals surface area contributed by atoms with E-state index in [1.165, 1.54) is 6.07 Å². The molecule has 32 heavy (non-hydrogen) atoms. The molecule has 0 radical (unpaired) electrons. The van der Waals surface area contributed by atoms with E-state index in [9.17, 15) is 14.4 Å². The molecule has 0 atom stereocenters. The van der Waals surface area contributed by atoms with Crippen molar-refractivity contribution >= 4 is 46.6 Å². The van der Waals surface area contributed by atoms with Crippen molar-refractivity contribution in [1.82, 2.24) is 10.9 Å². The molecule has 10 heteroatoms. The molecule has 0 unspecified atom stereocenters. The maximum Gasteiger partial charge on any atom is 0.242 e. The van der Waals surface area contributed by atoms with Gasteiger partial charge < -0.3 is 14.8 Å². The van der Waals surface area contributed by atoms with Gasteiger partial charge in [-0.05, 0) is 49.7 Å². The molecule has 0 saturated heterocycles. The predicted octanol–water partition coefficient (Wildman–Crippen LogP) is 3.90. The van der Waals surface area contributed by atoms with Crippen LogP contribution in [0.5, 0.6) is 11.5 Å². The van der Waals surface area contributed by atoms with Gasteiger partial charge >= 0.3 is 0 Å². The van der Waals surface area contributed by atoms with Gasteiger partial charge in [0.05, 0.1) is 30.3 Å². The molecule has 2 aromatic rings. The maximum atomic E-state index is 12.1. The monoisotopic (exact) mass is 481 g/mol. The Morgan fingerprint density at radius 2 is 1.47 bits per heavy atom. The normalized spacial score (nSPS) is 10.2. The largest absolute Gasteiger partial charge is 0.490 e. The fourth-order valence-electron chi connectivity index (χ4n) is 2.67. The average Bonchev–Trinajstić information content (AvgIpc) is 2.75. The van der Waals surface area contributed by atoms with Gasteiger partial charge in [-0.25, -0.2) is 0 Å². The number of carbonyl (C=O) groups excluding carboxylic acids is 3. The molecule has 8 nitrogen and oxygen atoms in total. The van der Waals surface area contributed by atoms with E-state index in [1.807, 2.05) is 13.8 Å². The Hall–Kier alpha value is -2.97. The molecule has 0 aliphatic rings. The minimum Gasteiger partial charge on any atom is -0.490 e. The number of anilines is 1. The van der Waals surface area contributed by atoms with Crippen LogP contribution in [0.25, 0.3) is 0 Å². The van der Waals surface area contributed by atoms with Crippen LogP contribution in [0.4, 0.5) is 5.69 Å². The highest BCUT2D eigenvalue weighted by atomic mass is 35.5. The maximum absolute atomic E-state index is 12.1. The summed E-state index contributed by atoms with van der Waals surface area (Å²) in [6.45, 7) is 4.69. The summed E-state index contributed by atoms with van der Waals surface area (Å²) in [6, 6.07) is 9.88. The summed E-state index contributed by atoms with van der Waals surface area (Å²) >= 11 is 11.8. The zero-order chi connectivity index (χ0) is 23.5. The third kappa shape index (κ3) is 8.28. The lowest BCUT2D eigenvalue weighted by Crippen LogP contribution is -2.42. The van der Waals surface area contributed by atoms with E-state index in [1.54, 1.807) is 30.3 Å². The van der Waals surface area contributed by atoms with Crippen LogP contribution in [-0.4, -0.2) is 30.9 Å². The third-order valence-corrected chi connectivity index (χ3v) is 4.65. The SMILES string of the molecule is CCOc1ccc(CC(=O)NNC(=O)CCC(=O)Nc2ccc(Cl)cc2Cl)cc1OCC. The van der Waals surface area contributed by atoms with Crippen molar-refractivity contribution in [1.29, 1.82) is 0 Å². The highest BCUT2D eigenvalue weighted by Crippen LogP contribution is 2.28. The third-order valence-electron chi connectivity index (χ3n) is 4.10. The molecule has 2 aromatic carbocycles. The van der Waals surface area contributed by atoms with E-state index in [4.69, 9.17) is 32.7 Å². The summed E-state index contributed by atoms with van der Waals surface area (Å²) in [4.78, 5) is 36.1. The highest BCUT2D eigenvalue weighted by molar-refractivity contribution is 6.36. The fraction of sp³-hybridized carbons (Fsp3) is 0.318. The van der Waals surface area contributed by atoms with E-state index in [2.05, 4.69) is 16.2 Å². The summed E-state index contributed by atoms with van der Waals surface area (Å²) in [6.07, 6.45) is -0.172. The van der Waals surface area contributed by atoms with Crippen molar-refractivity contribution in [3.8, 4) is 11.5 Å². The first-order valence-corrected chi connectivity index (χ1v) is 10.8. The van der Waals surface area contributed by atoms with Crippen LogP contribution in [0.3, 0.4) is 0 Å². The second kappa shape index (κ2) is 12.8. The predicted molar refractivity (Wildman–Crippen MR) is 123 cm³/mol. The Kier molecular flexibility index (Phi) is 10.1. The summed E-state index contributed by atoms with van der Waals surface area (Å²) in [7, 11) is 0. The number of hydrogen-bond donors (Lipinski definition) is 3. The van der Waals surface area contributed by atoms with Gasteiger partial charge in [-0.3, -0.25) is 25.2 Å². The fourth-order valence-corrected chi connectivity index (χ4v) is 3.12. The van der Waals surface area contributed by atoms with Crippen molar-refractivity contribution in [2.24, 2.45) is 0 Å². The van der Waals surface area contributed by atoms with Crippen LogP contribution in [0.15, 0.2) is 36.4 Å².